The van der Waals surface area contributed by atoms with Crippen LogP contribution in [-0.4, -0.2) is 23.3 Å². The highest BCUT2D eigenvalue weighted by Gasteiger charge is 2.50. The minimum Gasteiger partial charge on any atom is -0.350 e. The van der Waals surface area contributed by atoms with Gasteiger partial charge in [-0.15, -0.1) is 0 Å². The molecular formula is C30H25N3O2. The normalized spacial score (nSPS) is 17.7. The van der Waals surface area contributed by atoms with E-state index in [1.54, 1.807) is 6.20 Å². The van der Waals surface area contributed by atoms with E-state index in [0.29, 0.717) is 25.1 Å². The number of nitrogens with one attached hydrogen (secondary N) is 2. The van der Waals surface area contributed by atoms with Crippen LogP contribution in [0.15, 0.2) is 91.1 Å². The number of aromatic nitrogens is 1. The van der Waals surface area contributed by atoms with Gasteiger partial charge in [0.15, 0.2) is 0 Å². The average molecular weight is 460 g/mol. The number of carbonyl (C=O) groups is 2. The molecular weight excluding hydrogens is 434 g/mol. The number of amides is 2. The summed E-state index contributed by atoms with van der Waals surface area (Å²) in [5.74, 6) is -0.162. The van der Waals surface area contributed by atoms with Crippen molar-refractivity contribution in [2.75, 3.05) is 11.9 Å². The first kappa shape index (κ1) is 21.3. The van der Waals surface area contributed by atoms with Gasteiger partial charge in [0.1, 0.15) is 5.69 Å². The molecule has 3 aromatic carbocycles. The fourth-order valence-corrected chi connectivity index (χ4v) is 5.32. The van der Waals surface area contributed by atoms with Gasteiger partial charge < -0.3 is 10.6 Å². The lowest BCUT2D eigenvalue weighted by Crippen LogP contribution is -2.35. The zero-order valence-corrected chi connectivity index (χ0v) is 19.3. The summed E-state index contributed by atoms with van der Waals surface area (Å²) in [5, 5.41) is 6.01. The molecule has 2 amide bonds. The Kier molecular flexibility index (Phi) is 5.18. The van der Waals surface area contributed by atoms with E-state index in [4.69, 9.17) is 0 Å². The van der Waals surface area contributed by atoms with E-state index in [-0.39, 0.29) is 11.8 Å². The first-order valence-electron chi connectivity index (χ1n) is 11.9. The van der Waals surface area contributed by atoms with Crippen LogP contribution in [0.3, 0.4) is 0 Å². The maximum Gasteiger partial charge on any atom is 0.269 e. The van der Waals surface area contributed by atoms with Crippen molar-refractivity contribution in [3.63, 3.8) is 0 Å². The van der Waals surface area contributed by atoms with Crippen LogP contribution < -0.4 is 10.6 Å². The molecule has 0 radical (unpaired) electrons. The number of benzene rings is 3. The molecule has 4 aromatic rings. The molecule has 172 valence electrons. The van der Waals surface area contributed by atoms with Crippen molar-refractivity contribution in [3.05, 3.63) is 119 Å². The maximum absolute atomic E-state index is 12.9. The van der Waals surface area contributed by atoms with Gasteiger partial charge in [-0.1, -0.05) is 72.8 Å². The number of anilines is 1. The fraction of sp³-hybridized carbons (Fsp3) is 0.167. The molecule has 0 bridgehead atoms. The highest BCUT2D eigenvalue weighted by Crippen LogP contribution is 2.47. The largest absolute Gasteiger partial charge is 0.350 e. The van der Waals surface area contributed by atoms with Gasteiger partial charge in [-0.25, -0.2) is 0 Å². The number of hydrogen-bond acceptors (Lipinski definition) is 3. The Hall–Kier alpha value is -4.25. The van der Waals surface area contributed by atoms with Gasteiger partial charge in [0.25, 0.3) is 5.91 Å². The topological polar surface area (TPSA) is 71.1 Å². The van der Waals surface area contributed by atoms with Gasteiger partial charge in [-0.2, -0.15) is 0 Å². The van der Waals surface area contributed by atoms with E-state index >= 15 is 0 Å². The maximum atomic E-state index is 12.9. The molecule has 0 fully saturated rings. The molecule has 1 aliphatic carbocycles. The molecule has 2 N–H and O–H groups in total. The Morgan fingerprint density at radius 3 is 2.43 bits per heavy atom. The van der Waals surface area contributed by atoms with Gasteiger partial charge in [-0.05, 0) is 64.8 Å². The average Bonchev–Trinajstić information content (AvgIpc) is 3.42. The van der Waals surface area contributed by atoms with Crippen LogP contribution in [0.25, 0.3) is 11.1 Å². The van der Waals surface area contributed by atoms with E-state index in [1.807, 2.05) is 48.5 Å². The summed E-state index contributed by atoms with van der Waals surface area (Å²) in [6.07, 6.45) is 3.70. The molecule has 2 aliphatic rings. The second-order valence-electron chi connectivity index (χ2n) is 9.34. The van der Waals surface area contributed by atoms with E-state index in [9.17, 15) is 9.59 Å². The number of carbonyl (C=O) groups excluding carboxylic acids is 2. The van der Waals surface area contributed by atoms with Crippen LogP contribution in [0, 0.1) is 0 Å². The van der Waals surface area contributed by atoms with Crippen molar-refractivity contribution < 1.29 is 9.59 Å². The lowest BCUT2D eigenvalue weighted by molar-refractivity contribution is -0.120. The Bertz CT molecular complexity index is 1430. The van der Waals surface area contributed by atoms with Crippen LogP contribution in [0.4, 0.5) is 5.69 Å². The number of rotatable bonds is 5. The highest BCUT2D eigenvalue weighted by molar-refractivity contribution is 6.07. The van der Waals surface area contributed by atoms with Gasteiger partial charge in [0.05, 0.1) is 5.41 Å². The first-order valence-corrected chi connectivity index (χ1v) is 11.9. The summed E-state index contributed by atoms with van der Waals surface area (Å²) >= 11 is 0. The molecule has 6 rings (SSSR count). The minimum atomic E-state index is -0.596. The molecule has 1 spiro atoms. The molecule has 1 atom stereocenters. The first-order chi connectivity index (χ1) is 17.1. The Balaban J connectivity index is 1.10. The van der Waals surface area contributed by atoms with Crippen molar-refractivity contribution in [3.8, 4) is 11.1 Å². The van der Waals surface area contributed by atoms with E-state index in [2.05, 4.69) is 52.0 Å². The standard InChI is InChI=1S/C30H25N3O2/c34-28(31-15-14-20-10-12-22(13-11-20)21-6-2-1-3-7-21)27-16-23-17-30(18-24(23)19-32-27)25-8-4-5-9-26(25)33-29(30)35/h1-13,16,19H,14-15,17-18H2,(H,31,34)(H,33,35). The number of nitrogens with zero attached hydrogens (tertiary/aromatic N) is 1. The summed E-state index contributed by atoms with van der Waals surface area (Å²) in [6, 6.07) is 28.4. The number of pyridine rings is 1. The lowest BCUT2D eigenvalue weighted by atomic mass is 9.79. The molecule has 0 saturated heterocycles. The second kappa shape index (κ2) is 8.51. The van der Waals surface area contributed by atoms with Crippen LogP contribution >= 0.6 is 0 Å². The van der Waals surface area contributed by atoms with Gasteiger partial charge in [0, 0.05) is 18.4 Å². The summed E-state index contributed by atoms with van der Waals surface area (Å²) in [6.45, 7) is 0.530. The predicted molar refractivity (Wildman–Crippen MR) is 136 cm³/mol. The van der Waals surface area contributed by atoms with Crippen LogP contribution in [-0.2, 0) is 29.5 Å². The molecule has 1 aromatic heterocycles. The molecule has 2 heterocycles. The zero-order chi connectivity index (χ0) is 23.8. The molecule has 1 aliphatic heterocycles. The third-order valence-corrected chi connectivity index (χ3v) is 7.19. The smallest absolute Gasteiger partial charge is 0.269 e. The van der Waals surface area contributed by atoms with E-state index in [1.165, 1.54) is 16.7 Å². The minimum absolute atomic E-state index is 0.0270. The van der Waals surface area contributed by atoms with Crippen molar-refractivity contribution >= 4 is 17.5 Å². The predicted octanol–water partition coefficient (Wildman–Crippen LogP) is 4.71. The molecule has 35 heavy (non-hydrogen) atoms. The lowest BCUT2D eigenvalue weighted by Gasteiger charge is -2.20. The summed E-state index contributed by atoms with van der Waals surface area (Å²) in [7, 11) is 0. The highest BCUT2D eigenvalue weighted by atomic mass is 16.2. The van der Waals surface area contributed by atoms with Crippen LogP contribution in [0.2, 0.25) is 0 Å². The van der Waals surface area contributed by atoms with Gasteiger partial charge in [-0.3, -0.25) is 14.6 Å². The Labute approximate surface area is 204 Å². The van der Waals surface area contributed by atoms with Crippen molar-refractivity contribution in [1.82, 2.24) is 10.3 Å². The van der Waals surface area contributed by atoms with E-state index in [0.717, 1.165) is 28.8 Å². The Morgan fingerprint density at radius 2 is 1.60 bits per heavy atom. The third kappa shape index (κ3) is 3.79. The summed E-state index contributed by atoms with van der Waals surface area (Å²) in [4.78, 5) is 30.1. The zero-order valence-electron chi connectivity index (χ0n) is 19.3. The second-order valence-corrected chi connectivity index (χ2v) is 9.34. The quantitative estimate of drug-likeness (QED) is 0.454. The van der Waals surface area contributed by atoms with Gasteiger partial charge >= 0.3 is 0 Å². The number of hydrogen-bond donors (Lipinski definition) is 2. The van der Waals surface area contributed by atoms with Crippen molar-refractivity contribution in [1.29, 1.82) is 0 Å². The SMILES string of the molecule is O=C(NCCc1ccc(-c2ccccc2)cc1)c1cc2c(cn1)CC1(C2)C(=O)Nc2ccccc21. The van der Waals surface area contributed by atoms with Crippen LogP contribution in [0.5, 0.6) is 0 Å². The molecule has 0 saturated carbocycles. The molecule has 5 nitrogen and oxygen atoms in total. The number of fused-ring (bicyclic) bond motifs is 3. The number of para-hydroxylation sites is 1. The third-order valence-electron chi connectivity index (χ3n) is 7.19. The van der Waals surface area contributed by atoms with Crippen molar-refractivity contribution in [2.24, 2.45) is 0 Å². The van der Waals surface area contributed by atoms with Gasteiger partial charge in [0.2, 0.25) is 5.91 Å². The monoisotopic (exact) mass is 459 g/mol. The van der Waals surface area contributed by atoms with Crippen LogP contribution in [0.1, 0.15) is 32.7 Å². The summed E-state index contributed by atoms with van der Waals surface area (Å²) < 4.78 is 0. The molecule has 5 heteroatoms. The Morgan fingerprint density at radius 1 is 0.886 bits per heavy atom. The summed E-state index contributed by atoms with van der Waals surface area (Å²) in [5.41, 5.74) is 7.31. The van der Waals surface area contributed by atoms with E-state index < -0.39 is 5.41 Å². The molecule has 1 unspecified atom stereocenters. The fourth-order valence-electron chi connectivity index (χ4n) is 5.32. The van der Waals surface area contributed by atoms with Crippen molar-refractivity contribution in [2.45, 2.75) is 24.7 Å².